The van der Waals surface area contributed by atoms with Gasteiger partial charge in [0.05, 0.1) is 10.6 Å². The van der Waals surface area contributed by atoms with Crippen LogP contribution in [0.4, 0.5) is 5.69 Å². The van der Waals surface area contributed by atoms with Gasteiger partial charge in [0, 0.05) is 19.5 Å². The van der Waals surface area contributed by atoms with Crippen LogP contribution in [-0.2, 0) is 24.2 Å². The summed E-state index contributed by atoms with van der Waals surface area (Å²) >= 11 is 0. The van der Waals surface area contributed by atoms with Crippen LogP contribution in [-0.4, -0.2) is 26.0 Å². The maximum Gasteiger partial charge on any atom is 0.303 e. The molecule has 0 saturated heterocycles. The molecule has 0 fully saturated rings. The van der Waals surface area contributed by atoms with E-state index in [9.17, 15) is 18.0 Å². The third-order valence-corrected chi connectivity index (χ3v) is 5.09. The zero-order valence-corrected chi connectivity index (χ0v) is 14.7. The normalized spacial score (nSPS) is 12.2. The fourth-order valence-electron chi connectivity index (χ4n) is 2.34. The SMILES string of the molecule is CC(=O)Nc1cccc(C(CS(=O)(=O)c2ccccc2)OC(C)=O)c1. The number of hydrogen-bond acceptors (Lipinski definition) is 5. The molecule has 1 atom stereocenters. The first-order chi connectivity index (χ1) is 11.8. The summed E-state index contributed by atoms with van der Waals surface area (Å²) in [6, 6.07) is 14.5. The molecule has 0 aromatic heterocycles. The molecule has 25 heavy (non-hydrogen) atoms. The molecule has 0 saturated carbocycles. The number of nitrogens with one attached hydrogen (secondary N) is 1. The average Bonchev–Trinajstić information content (AvgIpc) is 2.54. The molecule has 0 bridgehead atoms. The second-order valence-corrected chi connectivity index (χ2v) is 7.53. The largest absolute Gasteiger partial charge is 0.457 e. The van der Waals surface area contributed by atoms with E-state index < -0.39 is 21.9 Å². The Balaban J connectivity index is 2.34. The highest BCUT2D eigenvalue weighted by molar-refractivity contribution is 7.91. The number of rotatable bonds is 6. The van der Waals surface area contributed by atoms with Crippen molar-refractivity contribution in [3.05, 3.63) is 60.2 Å². The van der Waals surface area contributed by atoms with Gasteiger partial charge in [-0.1, -0.05) is 30.3 Å². The second kappa shape index (κ2) is 7.94. The summed E-state index contributed by atoms with van der Waals surface area (Å²) < 4.78 is 30.4. The van der Waals surface area contributed by atoms with Gasteiger partial charge in [-0.15, -0.1) is 0 Å². The predicted octanol–water partition coefficient (Wildman–Crippen LogP) is 2.72. The smallest absolute Gasteiger partial charge is 0.303 e. The molecule has 6 nitrogen and oxygen atoms in total. The van der Waals surface area contributed by atoms with Crippen molar-refractivity contribution < 1.29 is 22.7 Å². The first-order valence-corrected chi connectivity index (χ1v) is 9.26. The Hall–Kier alpha value is -2.67. The highest BCUT2D eigenvalue weighted by Crippen LogP contribution is 2.25. The summed E-state index contributed by atoms with van der Waals surface area (Å²) in [6.45, 7) is 2.59. The van der Waals surface area contributed by atoms with Crippen LogP contribution in [0.1, 0.15) is 25.5 Å². The van der Waals surface area contributed by atoms with Gasteiger partial charge in [0.15, 0.2) is 9.84 Å². The third kappa shape index (κ3) is 5.42. The van der Waals surface area contributed by atoms with E-state index in [1.54, 1.807) is 42.5 Å². The van der Waals surface area contributed by atoms with Gasteiger partial charge in [0.1, 0.15) is 6.10 Å². The average molecular weight is 361 g/mol. The molecule has 1 N–H and O–H groups in total. The van der Waals surface area contributed by atoms with E-state index >= 15 is 0 Å². The Bertz CT molecular complexity index is 862. The maximum atomic E-state index is 12.6. The van der Waals surface area contributed by atoms with Crippen molar-refractivity contribution >= 4 is 27.4 Å². The van der Waals surface area contributed by atoms with E-state index in [-0.39, 0.29) is 16.6 Å². The first kappa shape index (κ1) is 18.7. The van der Waals surface area contributed by atoms with E-state index in [2.05, 4.69) is 5.32 Å². The Kier molecular flexibility index (Phi) is 5.93. The lowest BCUT2D eigenvalue weighted by Gasteiger charge is -2.18. The van der Waals surface area contributed by atoms with Crippen LogP contribution >= 0.6 is 0 Å². The van der Waals surface area contributed by atoms with Crippen molar-refractivity contribution in [2.45, 2.75) is 24.8 Å². The molecule has 2 aromatic carbocycles. The van der Waals surface area contributed by atoms with Crippen LogP contribution in [0, 0.1) is 0 Å². The monoisotopic (exact) mass is 361 g/mol. The number of ether oxygens (including phenoxy) is 1. The van der Waals surface area contributed by atoms with Gasteiger partial charge in [0.25, 0.3) is 0 Å². The molecule has 0 aliphatic rings. The highest BCUT2D eigenvalue weighted by atomic mass is 32.2. The van der Waals surface area contributed by atoms with Gasteiger partial charge in [0.2, 0.25) is 5.91 Å². The second-order valence-electron chi connectivity index (χ2n) is 5.50. The summed E-state index contributed by atoms with van der Waals surface area (Å²) in [5.74, 6) is -1.23. The van der Waals surface area contributed by atoms with Crippen LogP contribution in [0.2, 0.25) is 0 Å². The Morgan fingerprint density at radius 1 is 1.04 bits per heavy atom. The van der Waals surface area contributed by atoms with Crippen molar-refractivity contribution in [2.24, 2.45) is 0 Å². The van der Waals surface area contributed by atoms with Crippen LogP contribution in [0.3, 0.4) is 0 Å². The summed E-state index contributed by atoms with van der Waals surface area (Å²) in [5.41, 5.74) is 0.986. The van der Waals surface area contributed by atoms with E-state index in [4.69, 9.17) is 4.74 Å². The number of amides is 1. The molecule has 0 aliphatic carbocycles. The Labute approximate surface area is 146 Å². The topological polar surface area (TPSA) is 89.5 Å². The molecule has 0 spiro atoms. The van der Waals surface area contributed by atoms with Crippen molar-refractivity contribution in [1.29, 1.82) is 0 Å². The van der Waals surface area contributed by atoms with E-state index in [1.807, 2.05) is 0 Å². The van der Waals surface area contributed by atoms with Gasteiger partial charge in [-0.3, -0.25) is 9.59 Å². The number of carbonyl (C=O) groups excluding carboxylic acids is 2. The summed E-state index contributed by atoms with van der Waals surface area (Å²) in [5, 5.41) is 2.62. The fraction of sp³-hybridized carbons (Fsp3) is 0.222. The number of hydrogen-bond donors (Lipinski definition) is 1. The summed E-state index contributed by atoms with van der Waals surface area (Å²) in [4.78, 5) is 22.8. The quantitative estimate of drug-likeness (QED) is 0.799. The van der Waals surface area contributed by atoms with Gasteiger partial charge >= 0.3 is 5.97 Å². The molecule has 2 aromatic rings. The highest BCUT2D eigenvalue weighted by Gasteiger charge is 2.25. The van der Waals surface area contributed by atoms with Crippen molar-refractivity contribution in [3.8, 4) is 0 Å². The predicted molar refractivity (Wildman–Crippen MR) is 93.7 cm³/mol. The first-order valence-electron chi connectivity index (χ1n) is 7.60. The molecule has 0 aliphatic heterocycles. The van der Waals surface area contributed by atoms with Crippen LogP contribution < -0.4 is 5.32 Å². The molecule has 7 heteroatoms. The Morgan fingerprint density at radius 2 is 1.72 bits per heavy atom. The van der Waals surface area contributed by atoms with E-state index in [1.165, 1.54) is 26.0 Å². The van der Waals surface area contributed by atoms with Gasteiger partial charge in [-0.2, -0.15) is 0 Å². The number of carbonyl (C=O) groups is 2. The summed E-state index contributed by atoms with van der Waals surface area (Å²) in [6.07, 6.45) is -0.976. The molecule has 1 amide bonds. The Morgan fingerprint density at radius 3 is 2.32 bits per heavy atom. The molecular formula is C18H19NO5S. The van der Waals surface area contributed by atoms with Crippen LogP contribution in [0.15, 0.2) is 59.5 Å². The van der Waals surface area contributed by atoms with Gasteiger partial charge in [-0.05, 0) is 29.8 Å². The lowest BCUT2D eigenvalue weighted by molar-refractivity contribution is -0.145. The standard InChI is InChI=1S/C18H19NO5S/c1-13(20)19-16-8-6-7-15(11-16)18(24-14(2)21)12-25(22,23)17-9-4-3-5-10-17/h3-11,18H,12H2,1-2H3,(H,19,20). The molecule has 132 valence electrons. The molecule has 0 radical (unpaired) electrons. The van der Waals surface area contributed by atoms with E-state index in [0.29, 0.717) is 11.3 Å². The number of esters is 1. The lowest BCUT2D eigenvalue weighted by atomic mass is 10.1. The van der Waals surface area contributed by atoms with Crippen molar-refractivity contribution in [3.63, 3.8) is 0 Å². The van der Waals surface area contributed by atoms with Gasteiger partial charge in [-0.25, -0.2) is 8.42 Å². The minimum Gasteiger partial charge on any atom is -0.457 e. The number of anilines is 1. The van der Waals surface area contributed by atoms with Crippen molar-refractivity contribution in [2.75, 3.05) is 11.1 Å². The molecule has 0 heterocycles. The molecule has 1 unspecified atom stereocenters. The maximum absolute atomic E-state index is 12.6. The minimum atomic E-state index is -3.65. The number of sulfone groups is 1. The van der Waals surface area contributed by atoms with Gasteiger partial charge < -0.3 is 10.1 Å². The molecular weight excluding hydrogens is 342 g/mol. The number of benzene rings is 2. The summed E-state index contributed by atoms with van der Waals surface area (Å²) in [7, 11) is -3.65. The fourth-order valence-corrected chi connectivity index (χ4v) is 3.77. The van der Waals surface area contributed by atoms with E-state index in [0.717, 1.165) is 0 Å². The zero-order valence-electron chi connectivity index (χ0n) is 13.9. The lowest BCUT2D eigenvalue weighted by Crippen LogP contribution is -2.20. The van der Waals surface area contributed by atoms with Crippen LogP contribution in [0.5, 0.6) is 0 Å². The molecule has 2 rings (SSSR count). The zero-order chi connectivity index (χ0) is 18.4. The minimum absolute atomic E-state index is 0.158. The van der Waals surface area contributed by atoms with Crippen LogP contribution in [0.25, 0.3) is 0 Å². The van der Waals surface area contributed by atoms with Crippen molar-refractivity contribution in [1.82, 2.24) is 0 Å². The third-order valence-electron chi connectivity index (χ3n) is 3.36.